The molecular formula is C30H44O9. The van der Waals surface area contributed by atoms with E-state index in [1.807, 2.05) is 0 Å². The van der Waals surface area contributed by atoms with Crippen LogP contribution in [0.2, 0.25) is 0 Å². The summed E-state index contributed by atoms with van der Waals surface area (Å²) < 4.78 is 22.9. The Bertz CT molecular complexity index is 1030. The molecule has 218 valence electrons. The first-order chi connectivity index (χ1) is 18.5. The number of aldehydes is 1. The number of cyclic esters (lactones) is 1. The molecular weight excluding hydrogens is 504 g/mol. The van der Waals surface area contributed by atoms with Crippen LogP contribution in [-0.2, 0) is 28.5 Å². The molecule has 0 bridgehead atoms. The molecule has 5 fully saturated rings. The lowest BCUT2D eigenvalue weighted by atomic mass is 9.41. The van der Waals surface area contributed by atoms with Gasteiger partial charge in [-0.15, -0.1) is 0 Å². The van der Waals surface area contributed by atoms with Crippen LogP contribution < -0.4 is 0 Å². The van der Waals surface area contributed by atoms with Gasteiger partial charge < -0.3 is 39.1 Å². The molecule has 9 nitrogen and oxygen atoms in total. The van der Waals surface area contributed by atoms with Crippen molar-refractivity contribution in [1.82, 2.24) is 0 Å². The van der Waals surface area contributed by atoms with Gasteiger partial charge in [0.15, 0.2) is 6.29 Å². The third-order valence-electron chi connectivity index (χ3n) is 12.1. The monoisotopic (exact) mass is 548 g/mol. The van der Waals surface area contributed by atoms with E-state index in [1.165, 1.54) is 0 Å². The van der Waals surface area contributed by atoms with E-state index in [2.05, 4.69) is 6.92 Å². The zero-order chi connectivity index (χ0) is 27.8. The lowest BCUT2D eigenvalue weighted by Crippen LogP contribution is -2.69. The average Bonchev–Trinajstić information content (AvgIpc) is 3.45. The highest BCUT2D eigenvalue weighted by atomic mass is 16.7. The predicted molar refractivity (Wildman–Crippen MR) is 138 cm³/mol. The number of esters is 1. The molecule has 0 amide bonds. The van der Waals surface area contributed by atoms with Crippen molar-refractivity contribution >= 4 is 12.3 Å². The maximum atomic E-state index is 13.0. The van der Waals surface area contributed by atoms with Gasteiger partial charge in [-0.3, -0.25) is 0 Å². The molecule has 4 saturated carbocycles. The van der Waals surface area contributed by atoms with Crippen LogP contribution in [0.25, 0.3) is 0 Å². The second-order valence-corrected chi connectivity index (χ2v) is 13.5. The minimum atomic E-state index is -1.21. The lowest BCUT2D eigenvalue weighted by Gasteiger charge is -2.65. The van der Waals surface area contributed by atoms with E-state index in [0.29, 0.717) is 51.6 Å². The number of methoxy groups -OCH3 is 1. The third-order valence-corrected chi connectivity index (χ3v) is 12.1. The fourth-order valence-electron chi connectivity index (χ4n) is 9.98. The molecule has 2 heterocycles. The van der Waals surface area contributed by atoms with Crippen LogP contribution in [0.1, 0.15) is 78.1 Å². The molecule has 2 aliphatic heterocycles. The Hall–Kier alpha value is -1.36. The maximum absolute atomic E-state index is 13.0. The smallest absolute Gasteiger partial charge is 0.331 e. The van der Waals surface area contributed by atoms with Crippen LogP contribution in [0, 0.1) is 28.6 Å². The molecule has 9 heteroatoms. The van der Waals surface area contributed by atoms with E-state index in [4.69, 9.17) is 18.9 Å². The fraction of sp³-hybridized carbons (Fsp3) is 0.867. The first-order valence-electron chi connectivity index (χ1n) is 14.8. The Kier molecular flexibility index (Phi) is 6.84. The van der Waals surface area contributed by atoms with Crippen molar-refractivity contribution in [3.05, 3.63) is 11.6 Å². The van der Waals surface area contributed by atoms with Gasteiger partial charge in [-0.1, -0.05) is 6.92 Å². The highest BCUT2D eigenvalue weighted by Gasteiger charge is 2.71. The van der Waals surface area contributed by atoms with Crippen LogP contribution >= 0.6 is 0 Å². The Morgan fingerprint density at radius 2 is 1.85 bits per heavy atom. The summed E-state index contributed by atoms with van der Waals surface area (Å²) in [4.78, 5) is 24.8. The molecule has 6 rings (SSSR count). The zero-order valence-electron chi connectivity index (χ0n) is 23.3. The Labute approximate surface area is 230 Å². The van der Waals surface area contributed by atoms with Crippen LogP contribution in [0.5, 0.6) is 0 Å². The van der Waals surface area contributed by atoms with Gasteiger partial charge in [-0.25, -0.2) is 4.79 Å². The van der Waals surface area contributed by atoms with E-state index in [0.717, 1.165) is 31.1 Å². The SMILES string of the molecule is CO[C@@H]1C[C@H](O[C@@H]2CC[C@]3(C=O)[C@H]4CC[C@]5(C)[C@@H](C6=CC(=O)OC6)CC[C@@]5(O)[C@@H]4CC[C@]3(O)C2)O[C@H](C)[C@@H]1O. The number of carbonyl (C=O) groups excluding carboxylic acids is 2. The quantitative estimate of drug-likeness (QED) is 0.269. The van der Waals surface area contributed by atoms with Crippen molar-refractivity contribution in [2.24, 2.45) is 28.6 Å². The highest BCUT2D eigenvalue weighted by Crippen LogP contribution is 2.70. The Morgan fingerprint density at radius 1 is 1.08 bits per heavy atom. The van der Waals surface area contributed by atoms with E-state index in [1.54, 1.807) is 20.1 Å². The topological polar surface area (TPSA) is 132 Å². The summed E-state index contributed by atoms with van der Waals surface area (Å²) in [7, 11) is 1.57. The number of hydrogen-bond donors (Lipinski definition) is 3. The number of aliphatic hydroxyl groups is 3. The molecule has 12 atom stereocenters. The average molecular weight is 549 g/mol. The van der Waals surface area contributed by atoms with E-state index < -0.39 is 40.5 Å². The van der Waals surface area contributed by atoms with Crippen molar-refractivity contribution in [3.63, 3.8) is 0 Å². The van der Waals surface area contributed by atoms with Crippen LogP contribution in [0.3, 0.4) is 0 Å². The van der Waals surface area contributed by atoms with Gasteiger partial charge in [-0.05, 0) is 81.6 Å². The molecule has 0 aromatic carbocycles. The third kappa shape index (κ3) is 3.94. The van der Waals surface area contributed by atoms with E-state index in [-0.39, 0.29) is 35.9 Å². The number of carbonyl (C=O) groups is 2. The Balaban J connectivity index is 1.21. The maximum Gasteiger partial charge on any atom is 0.331 e. The van der Waals surface area contributed by atoms with Crippen LogP contribution in [-0.4, -0.2) is 83.2 Å². The van der Waals surface area contributed by atoms with Gasteiger partial charge >= 0.3 is 5.97 Å². The summed E-state index contributed by atoms with van der Waals surface area (Å²) in [5.41, 5.74) is -2.52. The largest absolute Gasteiger partial charge is 0.458 e. The molecule has 3 N–H and O–H groups in total. The number of ether oxygens (including phenoxy) is 4. The summed E-state index contributed by atoms with van der Waals surface area (Å²) in [6, 6.07) is 0. The normalized spacial score (nSPS) is 53.3. The van der Waals surface area contributed by atoms with Crippen molar-refractivity contribution in [1.29, 1.82) is 0 Å². The van der Waals surface area contributed by atoms with Crippen molar-refractivity contribution in [2.45, 2.75) is 120 Å². The van der Waals surface area contributed by atoms with Crippen molar-refractivity contribution in [2.75, 3.05) is 13.7 Å². The second-order valence-electron chi connectivity index (χ2n) is 13.5. The Morgan fingerprint density at radius 3 is 2.54 bits per heavy atom. The molecule has 0 aromatic heterocycles. The highest BCUT2D eigenvalue weighted by molar-refractivity contribution is 5.85. The molecule has 0 radical (unpaired) electrons. The fourth-order valence-corrected chi connectivity index (χ4v) is 9.98. The van der Waals surface area contributed by atoms with Gasteiger partial charge in [0.1, 0.15) is 19.0 Å². The van der Waals surface area contributed by atoms with E-state index in [9.17, 15) is 24.9 Å². The standard InChI is InChI=1S/C30H44O9/c1-17-26(33)23(36-3)13-25(38-17)39-19-4-9-28(16-31)21-5-8-27(2)20(18-12-24(32)37-15-18)7-11-30(27,35)22(21)6-10-29(28,34)14-19/h12,16-17,19-23,25-26,33-35H,4-11,13-15H2,1-3H3/t17-,19-,20-,21+,22-,23-,25+,26+,27-,28+,29+,30-/m1/s1. The minimum absolute atomic E-state index is 0.0827. The van der Waals surface area contributed by atoms with Gasteiger partial charge in [0, 0.05) is 31.4 Å². The molecule has 1 saturated heterocycles. The predicted octanol–water partition coefficient (Wildman–Crippen LogP) is 2.43. The van der Waals surface area contributed by atoms with Gasteiger partial charge in [-0.2, -0.15) is 0 Å². The molecule has 0 spiro atoms. The molecule has 0 aromatic rings. The second kappa shape index (κ2) is 9.60. The van der Waals surface area contributed by atoms with Gasteiger partial charge in [0.05, 0.1) is 34.9 Å². The number of hydrogen-bond acceptors (Lipinski definition) is 9. The molecule has 4 aliphatic carbocycles. The summed E-state index contributed by atoms with van der Waals surface area (Å²) in [6.45, 7) is 4.25. The van der Waals surface area contributed by atoms with Crippen molar-refractivity contribution < 1.29 is 43.9 Å². The van der Waals surface area contributed by atoms with Crippen LogP contribution in [0.15, 0.2) is 11.6 Å². The van der Waals surface area contributed by atoms with Gasteiger partial charge in [0.2, 0.25) is 0 Å². The number of rotatable bonds is 5. The summed E-state index contributed by atoms with van der Waals surface area (Å²) in [5.74, 6) is -0.420. The first kappa shape index (κ1) is 27.8. The first-order valence-corrected chi connectivity index (χ1v) is 14.8. The van der Waals surface area contributed by atoms with Gasteiger partial charge in [0.25, 0.3) is 0 Å². The van der Waals surface area contributed by atoms with Crippen LogP contribution in [0.4, 0.5) is 0 Å². The lowest BCUT2D eigenvalue weighted by molar-refractivity contribution is -0.287. The summed E-state index contributed by atoms with van der Waals surface area (Å²) in [5, 5.41) is 34.8. The van der Waals surface area contributed by atoms with E-state index >= 15 is 0 Å². The summed E-state index contributed by atoms with van der Waals surface area (Å²) in [6.07, 6.45) is 6.10. The molecule has 39 heavy (non-hydrogen) atoms. The number of aliphatic hydroxyl groups excluding tert-OH is 1. The molecule has 0 unspecified atom stereocenters. The summed E-state index contributed by atoms with van der Waals surface area (Å²) >= 11 is 0. The van der Waals surface area contributed by atoms with Crippen molar-refractivity contribution in [3.8, 4) is 0 Å². The minimum Gasteiger partial charge on any atom is -0.458 e. The zero-order valence-corrected chi connectivity index (χ0v) is 23.3. The molecule has 6 aliphatic rings. The number of fused-ring (bicyclic) bond motifs is 5.